The molecule has 1 unspecified atom stereocenters. The molecule has 1 heterocycles. The first kappa shape index (κ1) is 13.8. The predicted octanol–water partition coefficient (Wildman–Crippen LogP) is 1.95. The molecular weight excluding hydrogens is 264 g/mol. The second kappa shape index (κ2) is 6.52. The maximum Gasteiger partial charge on any atom is 0.261 e. The highest BCUT2D eigenvalue weighted by Gasteiger charge is 2.23. The molecule has 4 nitrogen and oxygen atoms in total. The third kappa shape index (κ3) is 3.48. The number of fused-ring (bicyclic) bond motifs is 1. The lowest BCUT2D eigenvalue weighted by molar-refractivity contribution is -0.137. The summed E-state index contributed by atoms with van der Waals surface area (Å²) in [6.07, 6.45) is 0.691. The van der Waals surface area contributed by atoms with Gasteiger partial charge in [0.1, 0.15) is 0 Å². The standard InChI is InChI=1S/C17H18N2O2/c20-17(19-21-12-13-6-2-1-3-7-13)16-10-14-8-4-5-9-15(14)11-18-16/h1-9,16,18H,10-12H2,(H,19,20). The zero-order valence-corrected chi connectivity index (χ0v) is 11.7. The average molecular weight is 282 g/mol. The van der Waals surface area contributed by atoms with Gasteiger partial charge in [0.25, 0.3) is 5.91 Å². The minimum atomic E-state index is -0.240. The van der Waals surface area contributed by atoms with E-state index in [-0.39, 0.29) is 11.9 Å². The molecule has 1 amide bonds. The van der Waals surface area contributed by atoms with Crippen molar-refractivity contribution in [2.24, 2.45) is 0 Å². The van der Waals surface area contributed by atoms with Crippen LogP contribution in [0, 0.1) is 0 Å². The molecule has 108 valence electrons. The first-order valence-electron chi connectivity index (χ1n) is 7.08. The summed E-state index contributed by atoms with van der Waals surface area (Å²) in [5, 5.41) is 3.23. The average Bonchev–Trinajstić information content (AvgIpc) is 2.55. The molecule has 0 saturated heterocycles. The van der Waals surface area contributed by atoms with Gasteiger partial charge in [-0.15, -0.1) is 0 Å². The summed E-state index contributed by atoms with van der Waals surface area (Å²) in [5.41, 5.74) is 6.04. The SMILES string of the molecule is O=C(NOCc1ccccc1)C1Cc2ccccc2CN1. The van der Waals surface area contributed by atoms with Crippen molar-refractivity contribution in [1.82, 2.24) is 10.8 Å². The van der Waals surface area contributed by atoms with Gasteiger partial charge in [0.2, 0.25) is 0 Å². The molecule has 0 fully saturated rings. The molecule has 3 rings (SSSR count). The molecule has 2 aromatic carbocycles. The molecule has 21 heavy (non-hydrogen) atoms. The Bertz CT molecular complexity index is 613. The van der Waals surface area contributed by atoms with E-state index in [1.807, 2.05) is 42.5 Å². The lowest BCUT2D eigenvalue weighted by atomic mass is 9.96. The first-order valence-corrected chi connectivity index (χ1v) is 7.08. The Balaban J connectivity index is 1.50. The molecule has 1 aliphatic heterocycles. The van der Waals surface area contributed by atoms with Gasteiger partial charge in [0.05, 0.1) is 12.6 Å². The number of hydroxylamine groups is 1. The first-order chi connectivity index (χ1) is 10.3. The van der Waals surface area contributed by atoms with E-state index in [2.05, 4.69) is 22.9 Å². The van der Waals surface area contributed by atoms with Crippen molar-refractivity contribution in [3.8, 4) is 0 Å². The maximum absolute atomic E-state index is 12.1. The third-order valence-corrected chi connectivity index (χ3v) is 3.65. The summed E-state index contributed by atoms with van der Waals surface area (Å²) in [5.74, 6) is -0.125. The number of rotatable bonds is 4. The molecule has 4 heteroatoms. The molecule has 2 aromatic rings. The number of nitrogens with one attached hydrogen (secondary N) is 2. The van der Waals surface area contributed by atoms with Crippen molar-refractivity contribution in [3.63, 3.8) is 0 Å². The van der Waals surface area contributed by atoms with Gasteiger partial charge in [-0.3, -0.25) is 9.63 Å². The summed E-state index contributed by atoms with van der Waals surface area (Å²) in [6.45, 7) is 1.09. The van der Waals surface area contributed by atoms with Crippen LogP contribution in [0.4, 0.5) is 0 Å². The lowest BCUT2D eigenvalue weighted by Crippen LogP contribution is -2.47. The van der Waals surface area contributed by atoms with E-state index in [0.717, 1.165) is 5.56 Å². The topological polar surface area (TPSA) is 50.4 Å². The second-order valence-corrected chi connectivity index (χ2v) is 5.15. The molecule has 2 N–H and O–H groups in total. The summed E-state index contributed by atoms with van der Waals surface area (Å²) < 4.78 is 0. The minimum absolute atomic E-state index is 0.125. The normalized spacial score (nSPS) is 17.0. The van der Waals surface area contributed by atoms with Crippen molar-refractivity contribution in [1.29, 1.82) is 0 Å². The summed E-state index contributed by atoms with van der Waals surface area (Å²) >= 11 is 0. The Labute approximate surface area is 124 Å². The maximum atomic E-state index is 12.1. The predicted molar refractivity (Wildman–Crippen MR) is 80.1 cm³/mol. The van der Waals surface area contributed by atoms with Gasteiger partial charge < -0.3 is 5.32 Å². The van der Waals surface area contributed by atoms with Crippen LogP contribution in [-0.2, 0) is 29.2 Å². The van der Waals surface area contributed by atoms with Crippen LogP contribution in [-0.4, -0.2) is 11.9 Å². The molecular formula is C17H18N2O2. The van der Waals surface area contributed by atoms with E-state index >= 15 is 0 Å². The number of carbonyl (C=O) groups excluding carboxylic acids is 1. The number of benzene rings is 2. The molecule has 0 aliphatic carbocycles. The summed E-state index contributed by atoms with van der Waals surface area (Å²) in [7, 11) is 0. The molecule has 1 atom stereocenters. The van der Waals surface area contributed by atoms with Crippen molar-refractivity contribution in [3.05, 3.63) is 71.3 Å². The van der Waals surface area contributed by atoms with Crippen LogP contribution < -0.4 is 10.8 Å². The van der Waals surface area contributed by atoms with Crippen molar-refractivity contribution >= 4 is 5.91 Å². The highest BCUT2D eigenvalue weighted by molar-refractivity contribution is 5.81. The lowest BCUT2D eigenvalue weighted by Gasteiger charge is -2.25. The van der Waals surface area contributed by atoms with E-state index in [9.17, 15) is 4.79 Å². The van der Waals surface area contributed by atoms with Gasteiger partial charge in [0.15, 0.2) is 0 Å². The highest BCUT2D eigenvalue weighted by atomic mass is 16.6. The zero-order valence-electron chi connectivity index (χ0n) is 11.7. The van der Waals surface area contributed by atoms with Gasteiger partial charge in [-0.2, -0.15) is 0 Å². The van der Waals surface area contributed by atoms with E-state index < -0.39 is 0 Å². The third-order valence-electron chi connectivity index (χ3n) is 3.65. The summed E-state index contributed by atoms with van der Waals surface area (Å²) in [4.78, 5) is 17.4. The van der Waals surface area contributed by atoms with E-state index in [4.69, 9.17) is 4.84 Å². The van der Waals surface area contributed by atoms with Gasteiger partial charge >= 0.3 is 0 Å². The van der Waals surface area contributed by atoms with Gasteiger partial charge in [-0.25, -0.2) is 5.48 Å². The van der Waals surface area contributed by atoms with Crippen LogP contribution in [0.2, 0.25) is 0 Å². The smallest absolute Gasteiger partial charge is 0.261 e. The van der Waals surface area contributed by atoms with Gasteiger partial charge in [-0.1, -0.05) is 54.6 Å². The Hall–Kier alpha value is -2.17. The van der Waals surface area contributed by atoms with E-state index in [1.54, 1.807) is 0 Å². The number of carbonyl (C=O) groups is 1. The van der Waals surface area contributed by atoms with Crippen molar-refractivity contribution < 1.29 is 9.63 Å². The molecule has 1 aliphatic rings. The number of hydrogen-bond acceptors (Lipinski definition) is 3. The van der Waals surface area contributed by atoms with Crippen molar-refractivity contribution in [2.75, 3.05) is 0 Å². The molecule has 0 radical (unpaired) electrons. The van der Waals surface area contributed by atoms with Crippen LogP contribution in [0.25, 0.3) is 0 Å². The Morgan fingerprint density at radius 3 is 2.62 bits per heavy atom. The Kier molecular flexibility index (Phi) is 4.28. The molecule has 0 aromatic heterocycles. The molecule has 0 spiro atoms. The Morgan fingerprint density at radius 1 is 1.10 bits per heavy atom. The zero-order chi connectivity index (χ0) is 14.5. The number of hydrogen-bond donors (Lipinski definition) is 2. The summed E-state index contributed by atoms with van der Waals surface area (Å²) in [6, 6.07) is 17.7. The minimum Gasteiger partial charge on any atom is -0.301 e. The van der Waals surface area contributed by atoms with E-state index in [0.29, 0.717) is 19.6 Å². The van der Waals surface area contributed by atoms with Crippen LogP contribution in [0.1, 0.15) is 16.7 Å². The van der Waals surface area contributed by atoms with E-state index in [1.165, 1.54) is 11.1 Å². The van der Waals surface area contributed by atoms with Gasteiger partial charge in [0, 0.05) is 6.54 Å². The fourth-order valence-electron chi connectivity index (χ4n) is 2.48. The fraction of sp³-hybridized carbons (Fsp3) is 0.235. The number of amides is 1. The quantitative estimate of drug-likeness (QED) is 0.843. The van der Waals surface area contributed by atoms with Gasteiger partial charge in [-0.05, 0) is 23.1 Å². The van der Waals surface area contributed by atoms with Crippen LogP contribution in [0.5, 0.6) is 0 Å². The van der Waals surface area contributed by atoms with Crippen molar-refractivity contribution in [2.45, 2.75) is 25.6 Å². The molecule has 0 saturated carbocycles. The van der Waals surface area contributed by atoms with Crippen LogP contribution in [0.3, 0.4) is 0 Å². The monoisotopic (exact) mass is 282 g/mol. The Morgan fingerprint density at radius 2 is 1.81 bits per heavy atom. The van der Waals surface area contributed by atoms with Crippen LogP contribution in [0.15, 0.2) is 54.6 Å². The highest BCUT2D eigenvalue weighted by Crippen LogP contribution is 2.16. The van der Waals surface area contributed by atoms with Crippen LogP contribution >= 0.6 is 0 Å². The fourth-order valence-corrected chi connectivity index (χ4v) is 2.48. The second-order valence-electron chi connectivity index (χ2n) is 5.15. The largest absolute Gasteiger partial charge is 0.301 e. The molecule has 0 bridgehead atoms.